The average molecular weight is 735 g/mol. The molecule has 2 unspecified atom stereocenters. The Hall–Kier alpha value is -0.170. The summed E-state index contributed by atoms with van der Waals surface area (Å²) in [5, 5.41) is 0. The predicted molar refractivity (Wildman–Crippen MR) is 188 cm³/mol. The second-order valence-electron chi connectivity index (χ2n) is 13.7. The normalized spacial score (nSPS) is 13.0. The Bertz CT molecular complexity index is 628. The molecule has 0 radical (unpaired) electrons. The first-order valence-corrected chi connectivity index (χ1v) is 22.9. The fourth-order valence-corrected chi connectivity index (χ4v) is 7.55. The fourth-order valence-electron chi connectivity index (χ4n) is 6.25. The molecule has 0 amide bonds. The van der Waals surface area contributed by atoms with Crippen LogP contribution in [0.1, 0.15) is 188 Å². The van der Waals surface area contributed by atoms with Gasteiger partial charge < -0.3 is 9.64 Å². The number of hydrogen-bond donors (Lipinski definition) is 0. The van der Waals surface area contributed by atoms with Crippen LogP contribution in [0.2, 0.25) is 0 Å². The Morgan fingerprint density at radius 3 is 1.66 bits per heavy atom. The van der Waals surface area contributed by atoms with Gasteiger partial charge >= 0.3 is 132 Å². The minimum absolute atomic E-state index is 0.0494. The molecule has 0 aliphatic rings. The second-order valence-corrected chi connectivity index (χ2v) is 16.3. The molecular weight excluding hydrogens is 657 g/mol. The molecule has 0 aliphatic carbocycles. The fraction of sp³-hybridized carbons (Fsp3) is 0.949. The predicted octanol–water partition coefficient (Wildman–Crippen LogP) is 8.18. The van der Waals surface area contributed by atoms with Gasteiger partial charge in [-0.3, -0.25) is 9.59 Å². The molecule has 2 atom stereocenters. The molecule has 0 spiro atoms. The zero-order chi connectivity index (χ0) is 32.5. The van der Waals surface area contributed by atoms with Crippen molar-refractivity contribution in [3.63, 3.8) is 0 Å². The number of hydrogen-bond acceptors (Lipinski definition) is 4. The van der Waals surface area contributed by atoms with Crippen molar-refractivity contribution in [2.75, 3.05) is 36.1 Å². The Labute approximate surface area is 286 Å². The number of ether oxygens (including phenoxy) is 1. The molecule has 264 valence electrons. The third-order valence-electron chi connectivity index (χ3n) is 9.41. The van der Waals surface area contributed by atoms with Crippen LogP contribution in [0, 0.1) is 11.8 Å². The molecular formula is C39H77INO3-. The van der Waals surface area contributed by atoms with Crippen LogP contribution in [0.4, 0.5) is 0 Å². The molecule has 4 nitrogen and oxygen atoms in total. The molecule has 44 heavy (non-hydrogen) atoms. The van der Waals surface area contributed by atoms with Crippen molar-refractivity contribution in [3.05, 3.63) is 0 Å². The van der Waals surface area contributed by atoms with E-state index in [9.17, 15) is 9.59 Å². The van der Waals surface area contributed by atoms with E-state index in [1.54, 1.807) is 0 Å². The molecule has 0 aromatic rings. The summed E-state index contributed by atoms with van der Waals surface area (Å²) >= 11 is 0.482. The van der Waals surface area contributed by atoms with Crippen LogP contribution in [-0.2, 0) is 14.3 Å². The van der Waals surface area contributed by atoms with Gasteiger partial charge in [0, 0.05) is 12.8 Å². The number of esters is 1. The molecule has 0 saturated heterocycles. The topological polar surface area (TPSA) is 46.6 Å². The Morgan fingerprint density at radius 2 is 1.07 bits per heavy atom. The third-order valence-corrected chi connectivity index (χ3v) is 11.2. The van der Waals surface area contributed by atoms with E-state index in [0.29, 0.717) is 52.4 Å². The van der Waals surface area contributed by atoms with Crippen LogP contribution in [0.25, 0.3) is 0 Å². The van der Waals surface area contributed by atoms with Crippen molar-refractivity contribution in [2.45, 2.75) is 188 Å². The summed E-state index contributed by atoms with van der Waals surface area (Å²) in [6, 6.07) is 0. The van der Waals surface area contributed by atoms with Crippen LogP contribution in [-0.4, -0.2) is 52.8 Å². The number of carbonyl (C=O) groups excluding carboxylic acids is 2. The number of rotatable bonds is 35. The molecule has 0 fully saturated rings. The number of halogens is 1. The number of Topliss-reactive ketones (excluding diaryl/α,β-unsaturated/α-hetero) is 1. The van der Waals surface area contributed by atoms with Crippen molar-refractivity contribution in [1.82, 2.24) is 4.90 Å². The van der Waals surface area contributed by atoms with Gasteiger partial charge in [-0.25, -0.2) is 0 Å². The summed E-state index contributed by atoms with van der Waals surface area (Å²) in [6.45, 7) is 9.16. The first-order chi connectivity index (χ1) is 21.5. The third kappa shape index (κ3) is 30.5. The zero-order valence-electron chi connectivity index (χ0n) is 30.4. The van der Waals surface area contributed by atoms with Gasteiger partial charge in [0.05, 0.1) is 6.61 Å². The average Bonchev–Trinajstić information content (AvgIpc) is 3.01. The second kappa shape index (κ2) is 34.2. The summed E-state index contributed by atoms with van der Waals surface area (Å²) in [6.07, 6.45) is 31.4. The van der Waals surface area contributed by atoms with Gasteiger partial charge in [-0.15, -0.1) is 0 Å². The van der Waals surface area contributed by atoms with E-state index in [1.807, 2.05) is 0 Å². The van der Waals surface area contributed by atoms with Gasteiger partial charge in [0.2, 0.25) is 0 Å². The van der Waals surface area contributed by atoms with Crippen LogP contribution >= 0.6 is 0 Å². The van der Waals surface area contributed by atoms with Gasteiger partial charge in [-0.1, -0.05) is 72.1 Å². The number of ketones is 1. The maximum atomic E-state index is 12.6. The molecule has 0 heterocycles. The maximum absolute atomic E-state index is 12.6. The molecule has 0 rings (SSSR count). The quantitative estimate of drug-likeness (QED) is 0.0285. The van der Waals surface area contributed by atoms with Crippen LogP contribution in [0.3, 0.4) is 0 Å². The van der Waals surface area contributed by atoms with Gasteiger partial charge in [-0.2, -0.15) is 0 Å². The van der Waals surface area contributed by atoms with E-state index in [4.69, 9.17) is 4.74 Å². The number of alkyl halides is 2. The summed E-state index contributed by atoms with van der Waals surface area (Å²) in [4.78, 5) is 29.5. The van der Waals surface area contributed by atoms with E-state index >= 15 is 0 Å². The zero-order valence-corrected chi connectivity index (χ0v) is 32.6. The number of carbonyl (C=O) groups is 2. The molecule has 0 aliphatic heterocycles. The van der Waals surface area contributed by atoms with Crippen molar-refractivity contribution in [2.24, 2.45) is 11.8 Å². The monoisotopic (exact) mass is 734 g/mol. The van der Waals surface area contributed by atoms with E-state index in [0.717, 1.165) is 51.1 Å². The molecule has 0 aromatic heterocycles. The Morgan fingerprint density at radius 1 is 0.591 bits per heavy atom. The summed E-state index contributed by atoms with van der Waals surface area (Å²) in [7, 11) is 2.11. The molecule has 0 aromatic carbocycles. The van der Waals surface area contributed by atoms with Gasteiger partial charge in [0.15, 0.2) is 0 Å². The molecule has 0 bridgehead atoms. The van der Waals surface area contributed by atoms with Crippen LogP contribution in [0.15, 0.2) is 0 Å². The van der Waals surface area contributed by atoms with Gasteiger partial charge in [0.25, 0.3) is 0 Å². The first kappa shape index (κ1) is 43.8. The standard InChI is InChI=1S/C39H77INO3/c1-6-9-11-13-15-19-25-36(8-3)35-44-39(43)31-24-34-41(5)33-23-30-38(42)29-22-28-37(26-18-12-10-7-2)27-20-16-14-17-21-32-40-4/h36-37H,6-35H2,1-5H3/q-1. The molecule has 0 saturated carbocycles. The Balaban J connectivity index is 3.99. The Kier molecular flexibility index (Phi) is 34.0. The van der Waals surface area contributed by atoms with Crippen LogP contribution in [0.5, 0.6) is 0 Å². The van der Waals surface area contributed by atoms with E-state index < -0.39 is 0 Å². The number of unbranched alkanes of at least 4 members (excludes halogenated alkanes) is 12. The summed E-state index contributed by atoms with van der Waals surface area (Å²) in [5.41, 5.74) is 0. The van der Waals surface area contributed by atoms with Crippen molar-refractivity contribution in [1.29, 1.82) is 0 Å². The van der Waals surface area contributed by atoms with Gasteiger partial charge in [-0.05, 0) is 45.3 Å². The van der Waals surface area contributed by atoms with Crippen molar-refractivity contribution < 1.29 is 35.5 Å². The molecule has 5 heteroatoms. The van der Waals surface area contributed by atoms with Gasteiger partial charge in [0.1, 0.15) is 0 Å². The first-order valence-electron chi connectivity index (χ1n) is 19.3. The van der Waals surface area contributed by atoms with Crippen molar-refractivity contribution in [3.8, 4) is 0 Å². The minimum atomic E-state index is -0.0494. The summed E-state index contributed by atoms with van der Waals surface area (Å²) in [5.74, 6) is 1.73. The van der Waals surface area contributed by atoms with Crippen molar-refractivity contribution >= 4 is 11.8 Å². The SMILES string of the molecule is CCCCCCCCC(CC)COC(=O)CCCN(C)CCCC(=O)CCCC(CCCCCC)CCCCCCC[I-]C. The summed E-state index contributed by atoms with van der Waals surface area (Å²) < 4.78 is 7.11. The van der Waals surface area contributed by atoms with E-state index in [2.05, 4.69) is 37.6 Å². The van der Waals surface area contributed by atoms with E-state index in [-0.39, 0.29) is 5.97 Å². The molecule has 0 N–H and O–H groups in total. The van der Waals surface area contributed by atoms with Crippen LogP contribution < -0.4 is 21.2 Å². The van der Waals surface area contributed by atoms with E-state index in [1.165, 1.54) is 126 Å². The number of nitrogens with zero attached hydrogens (tertiary/aromatic N) is 1.